The molecule has 0 atom stereocenters. The molecule has 1 N–H and O–H groups in total. The lowest BCUT2D eigenvalue weighted by molar-refractivity contribution is 0.389. The minimum Gasteiger partial charge on any atom is -0.481 e. The molecule has 0 spiro atoms. The maximum absolute atomic E-state index is 5.09. The molecule has 0 aliphatic heterocycles. The highest BCUT2D eigenvalue weighted by atomic mass is 16.5. The van der Waals surface area contributed by atoms with Gasteiger partial charge in [0.15, 0.2) is 0 Å². The largest absolute Gasteiger partial charge is 0.481 e. The van der Waals surface area contributed by atoms with Crippen LogP contribution < -0.4 is 10.1 Å². The van der Waals surface area contributed by atoms with Gasteiger partial charge in [0, 0.05) is 17.8 Å². The van der Waals surface area contributed by atoms with E-state index in [1.54, 1.807) is 7.11 Å². The monoisotopic (exact) mass is 167 g/mol. The number of nitrogens with one attached hydrogen (secondary N) is 1. The van der Waals surface area contributed by atoms with Gasteiger partial charge in [0.1, 0.15) is 6.33 Å². The maximum atomic E-state index is 5.09. The van der Waals surface area contributed by atoms with Crippen LogP contribution in [0.2, 0.25) is 0 Å². The van der Waals surface area contributed by atoms with Gasteiger partial charge >= 0.3 is 0 Å². The Morgan fingerprint density at radius 2 is 2.25 bits per heavy atom. The molecule has 0 aromatic carbocycles. The summed E-state index contributed by atoms with van der Waals surface area (Å²) in [4.78, 5) is 8.08. The van der Waals surface area contributed by atoms with Gasteiger partial charge in [-0.05, 0) is 14.0 Å². The summed E-state index contributed by atoms with van der Waals surface area (Å²) in [6, 6.07) is 0. The smallest absolute Gasteiger partial charge is 0.220 e. The molecule has 1 rings (SSSR count). The van der Waals surface area contributed by atoms with Crippen LogP contribution in [0, 0.1) is 6.92 Å². The van der Waals surface area contributed by atoms with Crippen LogP contribution >= 0.6 is 0 Å². The zero-order chi connectivity index (χ0) is 8.97. The topological polar surface area (TPSA) is 47.0 Å². The molecule has 1 aromatic rings. The highest BCUT2D eigenvalue weighted by Crippen LogP contribution is 2.15. The summed E-state index contributed by atoms with van der Waals surface area (Å²) >= 11 is 0. The van der Waals surface area contributed by atoms with E-state index in [0.29, 0.717) is 5.88 Å². The molecule has 0 amide bonds. The van der Waals surface area contributed by atoms with E-state index in [9.17, 15) is 0 Å². The molecule has 66 valence electrons. The number of aromatic nitrogens is 2. The Bertz CT molecular complexity index is 262. The lowest BCUT2D eigenvalue weighted by atomic mass is 10.2. The van der Waals surface area contributed by atoms with E-state index < -0.39 is 0 Å². The van der Waals surface area contributed by atoms with Gasteiger partial charge in [-0.25, -0.2) is 9.97 Å². The molecule has 0 radical (unpaired) electrons. The molecule has 0 fully saturated rings. The number of ether oxygens (including phenoxy) is 1. The van der Waals surface area contributed by atoms with Crippen molar-refractivity contribution in [1.29, 1.82) is 0 Å². The van der Waals surface area contributed by atoms with Crippen molar-refractivity contribution in [3.8, 4) is 5.88 Å². The molecule has 4 heteroatoms. The summed E-state index contributed by atoms with van der Waals surface area (Å²) < 4.78 is 5.09. The molecule has 0 unspecified atom stereocenters. The van der Waals surface area contributed by atoms with Gasteiger partial charge in [0.25, 0.3) is 0 Å². The summed E-state index contributed by atoms with van der Waals surface area (Å²) in [6.45, 7) is 2.67. The van der Waals surface area contributed by atoms with Crippen LogP contribution in [-0.4, -0.2) is 24.1 Å². The second-order valence-corrected chi connectivity index (χ2v) is 2.48. The summed E-state index contributed by atoms with van der Waals surface area (Å²) in [5, 5.41) is 3.04. The van der Waals surface area contributed by atoms with Crippen molar-refractivity contribution in [2.24, 2.45) is 0 Å². The van der Waals surface area contributed by atoms with E-state index in [1.165, 1.54) is 6.33 Å². The average Bonchev–Trinajstić information content (AvgIpc) is 2.09. The third-order valence-corrected chi connectivity index (χ3v) is 1.67. The van der Waals surface area contributed by atoms with E-state index in [1.807, 2.05) is 14.0 Å². The second-order valence-electron chi connectivity index (χ2n) is 2.48. The summed E-state index contributed by atoms with van der Waals surface area (Å²) in [5.74, 6) is 0.650. The Balaban J connectivity index is 3.02. The highest BCUT2D eigenvalue weighted by molar-refractivity contribution is 5.28. The van der Waals surface area contributed by atoms with Crippen LogP contribution in [0.1, 0.15) is 11.3 Å². The lowest BCUT2D eigenvalue weighted by Gasteiger charge is -2.07. The third-order valence-electron chi connectivity index (χ3n) is 1.67. The van der Waals surface area contributed by atoms with Crippen molar-refractivity contribution in [2.75, 3.05) is 14.2 Å². The van der Waals surface area contributed by atoms with Crippen molar-refractivity contribution in [3.63, 3.8) is 0 Å². The third kappa shape index (κ3) is 1.71. The standard InChI is InChI=1S/C8H13N3O/c1-6-7(4-9-2)8(12-3)11-5-10-6/h5,9H,4H2,1-3H3. The predicted octanol–water partition coefficient (Wildman–Crippen LogP) is 0.513. The number of hydrogen-bond acceptors (Lipinski definition) is 4. The Kier molecular flexibility index (Phi) is 2.99. The van der Waals surface area contributed by atoms with Crippen LogP contribution in [0.25, 0.3) is 0 Å². The fourth-order valence-corrected chi connectivity index (χ4v) is 1.03. The van der Waals surface area contributed by atoms with Crippen molar-refractivity contribution in [3.05, 3.63) is 17.6 Å². The number of rotatable bonds is 3. The van der Waals surface area contributed by atoms with Crippen LogP contribution in [-0.2, 0) is 6.54 Å². The molecule has 0 saturated carbocycles. The molecule has 0 bridgehead atoms. The fourth-order valence-electron chi connectivity index (χ4n) is 1.03. The first-order valence-electron chi connectivity index (χ1n) is 3.78. The van der Waals surface area contributed by atoms with Crippen molar-refractivity contribution in [1.82, 2.24) is 15.3 Å². The quantitative estimate of drug-likeness (QED) is 0.712. The molecule has 1 heterocycles. The number of methoxy groups -OCH3 is 1. The molecular weight excluding hydrogens is 154 g/mol. The first-order valence-corrected chi connectivity index (χ1v) is 3.78. The molecule has 4 nitrogen and oxygen atoms in total. The minimum absolute atomic E-state index is 0.650. The number of aryl methyl sites for hydroxylation is 1. The molecule has 1 aromatic heterocycles. The average molecular weight is 167 g/mol. The number of nitrogens with zero attached hydrogens (tertiary/aromatic N) is 2. The minimum atomic E-state index is 0.650. The molecular formula is C8H13N3O. The van der Waals surface area contributed by atoms with Gasteiger partial charge in [0.05, 0.1) is 7.11 Å². The van der Waals surface area contributed by atoms with Gasteiger partial charge in [-0.1, -0.05) is 0 Å². The predicted molar refractivity (Wildman–Crippen MR) is 46.1 cm³/mol. The van der Waals surface area contributed by atoms with Gasteiger partial charge in [-0.2, -0.15) is 0 Å². The molecule has 0 aliphatic carbocycles. The Morgan fingerprint density at radius 3 is 2.83 bits per heavy atom. The van der Waals surface area contributed by atoms with Crippen molar-refractivity contribution >= 4 is 0 Å². The molecule has 12 heavy (non-hydrogen) atoms. The fraction of sp³-hybridized carbons (Fsp3) is 0.500. The van der Waals surface area contributed by atoms with Crippen molar-refractivity contribution in [2.45, 2.75) is 13.5 Å². The van der Waals surface area contributed by atoms with Crippen molar-refractivity contribution < 1.29 is 4.74 Å². The highest BCUT2D eigenvalue weighted by Gasteiger charge is 2.06. The summed E-state index contributed by atoms with van der Waals surface area (Å²) in [7, 11) is 3.49. The first-order chi connectivity index (χ1) is 5.79. The van der Waals surface area contributed by atoms with E-state index >= 15 is 0 Å². The van der Waals surface area contributed by atoms with Crippen LogP contribution in [0.5, 0.6) is 5.88 Å². The van der Waals surface area contributed by atoms with Gasteiger partial charge < -0.3 is 10.1 Å². The first kappa shape index (κ1) is 8.93. The second kappa shape index (κ2) is 4.01. The lowest BCUT2D eigenvalue weighted by Crippen LogP contribution is -2.10. The van der Waals surface area contributed by atoms with Gasteiger partial charge in [0.2, 0.25) is 5.88 Å². The van der Waals surface area contributed by atoms with E-state index in [-0.39, 0.29) is 0 Å². The van der Waals surface area contributed by atoms with Gasteiger partial charge in [-0.3, -0.25) is 0 Å². The normalized spacial score (nSPS) is 9.92. The Hall–Kier alpha value is -1.16. The summed E-state index contributed by atoms with van der Waals surface area (Å²) in [6.07, 6.45) is 1.51. The van der Waals surface area contributed by atoms with Crippen LogP contribution in [0.4, 0.5) is 0 Å². The Labute approximate surface area is 72.0 Å². The molecule has 0 saturated heterocycles. The van der Waals surface area contributed by atoms with E-state index in [2.05, 4.69) is 15.3 Å². The Morgan fingerprint density at radius 1 is 1.50 bits per heavy atom. The summed E-state index contributed by atoms with van der Waals surface area (Å²) in [5.41, 5.74) is 1.97. The maximum Gasteiger partial charge on any atom is 0.220 e. The van der Waals surface area contributed by atoms with Gasteiger partial charge in [-0.15, -0.1) is 0 Å². The molecule has 0 aliphatic rings. The van der Waals surface area contributed by atoms with Crippen LogP contribution in [0.15, 0.2) is 6.33 Å². The zero-order valence-electron chi connectivity index (χ0n) is 7.59. The number of hydrogen-bond donors (Lipinski definition) is 1. The van der Waals surface area contributed by atoms with E-state index in [0.717, 1.165) is 17.8 Å². The zero-order valence-corrected chi connectivity index (χ0v) is 7.59. The SMILES string of the molecule is CNCc1c(C)ncnc1OC. The van der Waals surface area contributed by atoms with Crippen LogP contribution in [0.3, 0.4) is 0 Å². The van der Waals surface area contributed by atoms with E-state index in [4.69, 9.17) is 4.74 Å².